The van der Waals surface area contributed by atoms with Gasteiger partial charge in [0.05, 0.1) is 19.6 Å². The van der Waals surface area contributed by atoms with Crippen molar-refractivity contribution in [2.75, 3.05) is 39.4 Å². The monoisotopic (exact) mass is 334 g/mol. The van der Waals surface area contributed by atoms with E-state index >= 15 is 0 Å². The summed E-state index contributed by atoms with van der Waals surface area (Å²) >= 11 is 1.68. The minimum absolute atomic E-state index is 0.195. The topological polar surface area (TPSA) is 32.8 Å². The third-order valence-corrected chi connectivity index (χ3v) is 6.55. The standard InChI is InChI=1S/C18H26N2O2S/c21-17(12-16-2-1-11-23-16)19-7-5-18(6-8-19)14-22-10-9-20(18)13-15-3-4-15/h1-2,11,15H,3-10,12-14H2. The fourth-order valence-corrected chi connectivity index (χ4v) is 4.67. The summed E-state index contributed by atoms with van der Waals surface area (Å²) in [6.45, 7) is 5.80. The van der Waals surface area contributed by atoms with Gasteiger partial charge in [-0.1, -0.05) is 6.07 Å². The van der Waals surface area contributed by atoms with Crippen molar-refractivity contribution < 1.29 is 9.53 Å². The number of nitrogens with zero attached hydrogens (tertiary/aromatic N) is 2. The molecule has 1 aromatic rings. The van der Waals surface area contributed by atoms with Crippen LogP contribution in [0.15, 0.2) is 17.5 Å². The molecule has 1 spiro atoms. The highest BCUT2D eigenvalue weighted by Gasteiger charge is 2.44. The summed E-state index contributed by atoms with van der Waals surface area (Å²) in [5.41, 5.74) is 0.195. The van der Waals surface area contributed by atoms with E-state index in [1.165, 1.54) is 24.3 Å². The number of likely N-dealkylation sites (tertiary alicyclic amines) is 1. The fourth-order valence-electron chi connectivity index (χ4n) is 3.97. The maximum Gasteiger partial charge on any atom is 0.227 e. The lowest BCUT2D eigenvalue weighted by Gasteiger charge is -2.51. The van der Waals surface area contributed by atoms with Crippen LogP contribution in [0.25, 0.3) is 0 Å². The average Bonchev–Trinajstić information content (AvgIpc) is 3.24. The van der Waals surface area contributed by atoms with Crippen molar-refractivity contribution in [3.8, 4) is 0 Å². The Morgan fingerprint density at radius 1 is 1.30 bits per heavy atom. The number of morpholine rings is 1. The van der Waals surface area contributed by atoms with Crippen LogP contribution in [0.4, 0.5) is 0 Å². The van der Waals surface area contributed by atoms with Gasteiger partial charge in [0.2, 0.25) is 5.91 Å². The quantitative estimate of drug-likeness (QED) is 0.848. The minimum atomic E-state index is 0.195. The molecule has 1 saturated carbocycles. The largest absolute Gasteiger partial charge is 0.378 e. The predicted molar refractivity (Wildman–Crippen MR) is 91.7 cm³/mol. The van der Waals surface area contributed by atoms with Crippen molar-refractivity contribution >= 4 is 17.2 Å². The molecule has 0 aromatic carbocycles. The minimum Gasteiger partial charge on any atom is -0.378 e. The third-order valence-electron chi connectivity index (χ3n) is 5.68. The Balaban J connectivity index is 1.35. The molecule has 2 saturated heterocycles. The number of hydrogen-bond acceptors (Lipinski definition) is 4. The molecule has 0 radical (unpaired) electrons. The van der Waals surface area contributed by atoms with Gasteiger partial charge in [0.15, 0.2) is 0 Å². The Morgan fingerprint density at radius 2 is 2.13 bits per heavy atom. The number of thiophene rings is 1. The van der Waals surface area contributed by atoms with Crippen LogP contribution in [0.3, 0.4) is 0 Å². The van der Waals surface area contributed by atoms with Gasteiger partial charge >= 0.3 is 0 Å². The Bertz CT molecular complexity index is 533. The highest BCUT2D eigenvalue weighted by Crippen LogP contribution is 2.37. The molecule has 4 rings (SSSR count). The molecule has 1 aromatic heterocycles. The molecule has 1 amide bonds. The lowest BCUT2D eigenvalue weighted by atomic mass is 9.85. The number of amides is 1. The van der Waals surface area contributed by atoms with Crippen LogP contribution in [0.5, 0.6) is 0 Å². The molecule has 2 aliphatic heterocycles. The zero-order valence-corrected chi connectivity index (χ0v) is 14.5. The van der Waals surface area contributed by atoms with Crippen LogP contribution in [-0.2, 0) is 16.0 Å². The molecule has 4 nitrogen and oxygen atoms in total. The van der Waals surface area contributed by atoms with E-state index in [9.17, 15) is 4.79 Å². The van der Waals surface area contributed by atoms with E-state index in [0.717, 1.165) is 51.6 Å². The molecule has 0 bridgehead atoms. The van der Waals surface area contributed by atoms with Gasteiger partial charge in [-0.3, -0.25) is 9.69 Å². The summed E-state index contributed by atoms with van der Waals surface area (Å²) in [7, 11) is 0. The number of ether oxygens (including phenoxy) is 1. The predicted octanol–water partition coefficient (Wildman–Crippen LogP) is 2.39. The highest BCUT2D eigenvalue weighted by molar-refractivity contribution is 7.10. The molecule has 3 fully saturated rings. The first-order chi connectivity index (χ1) is 11.3. The maximum atomic E-state index is 12.5. The number of piperidine rings is 1. The van der Waals surface area contributed by atoms with Gasteiger partial charge in [-0.15, -0.1) is 11.3 Å². The summed E-state index contributed by atoms with van der Waals surface area (Å²) in [6.07, 6.45) is 5.50. The summed E-state index contributed by atoms with van der Waals surface area (Å²) < 4.78 is 5.83. The maximum absolute atomic E-state index is 12.5. The van der Waals surface area contributed by atoms with E-state index in [1.54, 1.807) is 11.3 Å². The first kappa shape index (κ1) is 15.6. The Morgan fingerprint density at radius 3 is 2.83 bits per heavy atom. The van der Waals surface area contributed by atoms with Crippen LogP contribution in [0.2, 0.25) is 0 Å². The molecule has 5 heteroatoms. The summed E-state index contributed by atoms with van der Waals surface area (Å²) in [6, 6.07) is 4.08. The van der Waals surface area contributed by atoms with Crippen LogP contribution < -0.4 is 0 Å². The smallest absolute Gasteiger partial charge is 0.227 e. The second-order valence-corrected chi connectivity index (χ2v) is 8.34. The first-order valence-corrected chi connectivity index (χ1v) is 9.76. The first-order valence-electron chi connectivity index (χ1n) is 8.88. The molecule has 1 aliphatic carbocycles. The molecular weight excluding hydrogens is 308 g/mol. The molecule has 3 aliphatic rings. The molecule has 0 N–H and O–H groups in total. The summed E-state index contributed by atoms with van der Waals surface area (Å²) in [5.74, 6) is 1.20. The van der Waals surface area contributed by atoms with Crippen LogP contribution in [0.1, 0.15) is 30.6 Å². The zero-order valence-electron chi connectivity index (χ0n) is 13.7. The Labute approximate surface area is 142 Å². The lowest BCUT2D eigenvalue weighted by Crippen LogP contribution is -2.62. The molecule has 0 atom stereocenters. The lowest BCUT2D eigenvalue weighted by molar-refractivity contribution is -0.138. The van der Waals surface area contributed by atoms with Gasteiger partial charge < -0.3 is 9.64 Å². The van der Waals surface area contributed by atoms with Gasteiger partial charge in [-0.2, -0.15) is 0 Å². The van der Waals surface area contributed by atoms with Gasteiger partial charge in [0, 0.05) is 36.6 Å². The van der Waals surface area contributed by atoms with Crippen molar-refractivity contribution in [1.29, 1.82) is 0 Å². The van der Waals surface area contributed by atoms with E-state index in [0.29, 0.717) is 6.42 Å². The van der Waals surface area contributed by atoms with Gasteiger partial charge in [-0.05, 0) is 43.0 Å². The Kier molecular flexibility index (Phi) is 4.43. The summed E-state index contributed by atoms with van der Waals surface area (Å²) in [4.78, 5) is 18.4. The van der Waals surface area contributed by atoms with Crippen LogP contribution >= 0.6 is 11.3 Å². The molecule has 23 heavy (non-hydrogen) atoms. The number of hydrogen-bond donors (Lipinski definition) is 0. The summed E-state index contributed by atoms with van der Waals surface area (Å²) in [5, 5.41) is 2.04. The van der Waals surface area contributed by atoms with Crippen molar-refractivity contribution in [1.82, 2.24) is 9.80 Å². The molecule has 0 unspecified atom stereocenters. The molecule has 3 heterocycles. The molecule has 126 valence electrons. The van der Waals surface area contributed by atoms with Crippen molar-refractivity contribution in [3.05, 3.63) is 22.4 Å². The third kappa shape index (κ3) is 3.47. The van der Waals surface area contributed by atoms with Crippen molar-refractivity contribution in [3.63, 3.8) is 0 Å². The highest BCUT2D eigenvalue weighted by atomic mass is 32.1. The van der Waals surface area contributed by atoms with E-state index in [1.807, 2.05) is 11.4 Å². The number of rotatable bonds is 4. The van der Waals surface area contributed by atoms with E-state index in [-0.39, 0.29) is 11.4 Å². The number of carbonyl (C=O) groups is 1. The Hall–Kier alpha value is -0.910. The average molecular weight is 334 g/mol. The van der Waals surface area contributed by atoms with Gasteiger partial charge in [0.25, 0.3) is 0 Å². The van der Waals surface area contributed by atoms with Crippen molar-refractivity contribution in [2.45, 2.75) is 37.6 Å². The van der Waals surface area contributed by atoms with Gasteiger partial charge in [0.1, 0.15) is 0 Å². The SMILES string of the molecule is O=C(Cc1cccs1)N1CCC2(CC1)COCCN2CC1CC1. The number of carbonyl (C=O) groups excluding carboxylic acids is 1. The van der Waals surface area contributed by atoms with Gasteiger partial charge in [-0.25, -0.2) is 0 Å². The fraction of sp³-hybridized carbons (Fsp3) is 0.722. The second-order valence-electron chi connectivity index (χ2n) is 7.30. The van der Waals surface area contributed by atoms with E-state index in [2.05, 4.69) is 15.9 Å². The zero-order chi connectivity index (χ0) is 15.7. The van der Waals surface area contributed by atoms with E-state index < -0.39 is 0 Å². The second kappa shape index (κ2) is 6.54. The molecular formula is C18H26N2O2S. The van der Waals surface area contributed by atoms with E-state index in [4.69, 9.17) is 4.74 Å². The normalized spacial score (nSPS) is 25.0. The van der Waals surface area contributed by atoms with Crippen molar-refractivity contribution in [2.24, 2.45) is 5.92 Å². The van der Waals surface area contributed by atoms with Crippen LogP contribution in [-0.4, -0.2) is 60.6 Å². The van der Waals surface area contributed by atoms with Crippen LogP contribution in [0, 0.1) is 5.92 Å².